The number of fused-ring (bicyclic) bond motifs is 1. The first-order valence-corrected chi connectivity index (χ1v) is 5.94. The van der Waals surface area contributed by atoms with Crippen molar-refractivity contribution in [3.8, 4) is 11.3 Å². The highest BCUT2D eigenvalue weighted by molar-refractivity contribution is 9.10. The number of halogens is 1. The molecule has 76 valence electrons. The second-order valence-electron chi connectivity index (χ2n) is 3.83. The molecule has 2 aromatic rings. The van der Waals surface area contributed by atoms with Crippen LogP contribution >= 0.6 is 15.9 Å². The zero-order valence-corrected chi connectivity index (χ0v) is 9.87. The van der Waals surface area contributed by atoms with Crippen molar-refractivity contribution in [2.45, 2.75) is 19.4 Å². The number of aryl methyl sites for hydroxylation is 1. The number of nitrogens with zero attached hydrogens (tertiary/aromatic N) is 2. The first-order valence-electron chi connectivity index (χ1n) is 5.15. The van der Waals surface area contributed by atoms with Crippen molar-refractivity contribution in [1.82, 2.24) is 9.55 Å². The van der Waals surface area contributed by atoms with E-state index in [1.807, 2.05) is 12.3 Å². The molecule has 1 aliphatic heterocycles. The Labute approximate surface area is 97.1 Å². The van der Waals surface area contributed by atoms with Crippen molar-refractivity contribution in [3.05, 3.63) is 40.8 Å². The zero-order valence-electron chi connectivity index (χ0n) is 8.28. The highest BCUT2D eigenvalue weighted by atomic mass is 79.9. The molecule has 1 aliphatic rings. The van der Waals surface area contributed by atoms with E-state index in [0.29, 0.717) is 0 Å². The molecule has 0 aliphatic carbocycles. The molecule has 0 fully saturated rings. The molecule has 3 heteroatoms. The number of aromatic nitrogens is 2. The Balaban J connectivity index is 2.13. The minimum Gasteiger partial charge on any atom is -0.328 e. The van der Waals surface area contributed by atoms with Crippen molar-refractivity contribution >= 4 is 15.9 Å². The van der Waals surface area contributed by atoms with Gasteiger partial charge in [0.25, 0.3) is 0 Å². The van der Waals surface area contributed by atoms with E-state index >= 15 is 0 Å². The van der Waals surface area contributed by atoms with Crippen LogP contribution in [-0.2, 0) is 13.0 Å². The predicted octanol–water partition coefficient (Wildman–Crippen LogP) is 3.26. The number of hydrogen-bond donors (Lipinski definition) is 0. The summed E-state index contributed by atoms with van der Waals surface area (Å²) in [7, 11) is 0. The van der Waals surface area contributed by atoms with E-state index in [1.54, 1.807) is 0 Å². The number of rotatable bonds is 1. The molecule has 0 spiro atoms. The van der Waals surface area contributed by atoms with E-state index in [9.17, 15) is 0 Å². The number of imidazole rings is 1. The Morgan fingerprint density at radius 2 is 2.27 bits per heavy atom. The van der Waals surface area contributed by atoms with Crippen LogP contribution in [0.2, 0.25) is 0 Å². The molecule has 0 saturated carbocycles. The van der Waals surface area contributed by atoms with E-state index in [0.717, 1.165) is 17.4 Å². The van der Waals surface area contributed by atoms with Gasteiger partial charge in [-0.1, -0.05) is 28.1 Å². The maximum Gasteiger partial charge on any atom is 0.109 e. The van der Waals surface area contributed by atoms with Crippen LogP contribution in [0.25, 0.3) is 11.3 Å². The topological polar surface area (TPSA) is 17.8 Å². The Morgan fingerprint density at radius 3 is 3.13 bits per heavy atom. The van der Waals surface area contributed by atoms with Gasteiger partial charge >= 0.3 is 0 Å². The Hall–Kier alpha value is -1.09. The van der Waals surface area contributed by atoms with Crippen LogP contribution in [0, 0.1) is 0 Å². The molecular formula is C12H11BrN2. The summed E-state index contributed by atoms with van der Waals surface area (Å²) in [4.78, 5) is 4.45. The summed E-state index contributed by atoms with van der Waals surface area (Å²) in [5.41, 5.74) is 2.48. The summed E-state index contributed by atoms with van der Waals surface area (Å²) in [6, 6.07) is 8.38. The fourth-order valence-electron chi connectivity index (χ4n) is 2.14. The van der Waals surface area contributed by atoms with E-state index in [-0.39, 0.29) is 0 Å². The van der Waals surface area contributed by atoms with Crippen LogP contribution in [0.5, 0.6) is 0 Å². The highest BCUT2D eigenvalue weighted by Gasteiger charge is 2.16. The molecule has 2 heterocycles. The molecule has 0 amide bonds. The molecule has 3 rings (SSSR count). The molecule has 0 bridgehead atoms. The Morgan fingerprint density at radius 1 is 1.33 bits per heavy atom. The lowest BCUT2D eigenvalue weighted by Crippen LogP contribution is -1.94. The fraction of sp³-hybridized carbons (Fsp3) is 0.250. The van der Waals surface area contributed by atoms with Crippen LogP contribution in [0.4, 0.5) is 0 Å². The summed E-state index contributed by atoms with van der Waals surface area (Å²) in [5, 5.41) is 0. The van der Waals surface area contributed by atoms with Crippen LogP contribution in [0.15, 0.2) is 34.9 Å². The lowest BCUT2D eigenvalue weighted by atomic mass is 10.2. The minimum atomic E-state index is 1.11. The third-order valence-corrected chi connectivity index (χ3v) is 3.33. The molecule has 0 N–H and O–H groups in total. The molecule has 1 aromatic carbocycles. The second kappa shape index (κ2) is 3.49. The summed E-state index contributed by atoms with van der Waals surface area (Å²) in [5.74, 6) is 1.23. The van der Waals surface area contributed by atoms with Gasteiger partial charge in [-0.15, -0.1) is 0 Å². The third kappa shape index (κ3) is 1.51. The smallest absolute Gasteiger partial charge is 0.109 e. The summed E-state index contributed by atoms with van der Waals surface area (Å²) in [6.07, 6.45) is 4.33. The molecule has 0 saturated heterocycles. The maximum atomic E-state index is 4.45. The van der Waals surface area contributed by atoms with Crippen LogP contribution in [0.1, 0.15) is 12.2 Å². The van der Waals surface area contributed by atoms with Gasteiger partial charge in [0.2, 0.25) is 0 Å². The third-order valence-electron chi connectivity index (χ3n) is 2.84. The van der Waals surface area contributed by atoms with Crippen molar-refractivity contribution in [2.24, 2.45) is 0 Å². The standard InChI is InChI=1S/C12H11BrN2/c13-10-4-1-3-9(7-10)11-8-14-12-5-2-6-15(11)12/h1,3-4,7-8H,2,5-6H2. The molecule has 0 radical (unpaired) electrons. The Kier molecular flexibility index (Phi) is 2.13. The van der Waals surface area contributed by atoms with Gasteiger partial charge in [-0.3, -0.25) is 0 Å². The second-order valence-corrected chi connectivity index (χ2v) is 4.74. The van der Waals surface area contributed by atoms with Gasteiger partial charge in [0, 0.05) is 23.0 Å². The molecule has 15 heavy (non-hydrogen) atoms. The van der Waals surface area contributed by atoms with Gasteiger partial charge in [-0.25, -0.2) is 4.98 Å². The SMILES string of the molecule is Brc1cccc(-c2cnc3n2CCC3)c1. The largest absolute Gasteiger partial charge is 0.328 e. The van der Waals surface area contributed by atoms with Gasteiger partial charge in [0.05, 0.1) is 11.9 Å². The molecule has 0 atom stereocenters. The minimum absolute atomic E-state index is 1.11. The van der Waals surface area contributed by atoms with Crippen molar-refractivity contribution in [3.63, 3.8) is 0 Å². The van der Waals surface area contributed by atoms with Gasteiger partial charge < -0.3 is 4.57 Å². The quantitative estimate of drug-likeness (QED) is 0.772. The lowest BCUT2D eigenvalue weighted by Gasteiger charge is -2.04. The summed E-state index contributed by atoms with van der Waals surface area (Å²) >= 11 is 3.50. The van der Waals surface area contributed by atoms with Crippen LogP contribution in [-0.4, -0.2) is 9.55 Å². The molecule has 1 aromatic heterocycles. The highest BCUT2D eigenvalue weighted by Crippen LogP contribution is 2.27. The van der Waals surface area contributed by atoms with E-state index in [2.05, 4.69) is 43.7 Å². The predicted molar refractivity (Wildman–Crippen MR) is 63.7 cm³/mol. The van der Waals surface area contributed by atoms with Crippen LogP contribution in [0.3, 0.4) is 0 Å². The first-order chi connectivity index (χ1) is 7.34. The van der Waals surface area contributed by atoms with Gasteiger partial charge in [-0.2, -0.15) is 0 Å². The van der Waals surface area contributed by atoms with Gasteiger partial charge in [0.15, 0.2) is 0 Å². The number of hydrogen-bond acceptors (Lipinski definition) is 1. The van der Waals surface area contributed by atoms with Crippen molar-refractivity contribution in [1.29, 1.82) is 0 Å². The summed E-state index contributed by atoms with van der Waals surface area (Å²) in [6.45, 7) is 1.11. The lowest BCUT2D eigenvalue weighted by molar-refractivity contribution is 0.756. The van der Waals surface area contributed by atoms with Gasteiger partial charge in [0.1, 0.15) is 5.82 Å². The fourth-order valence-corrected chi connectivity index (χ4v) is 2.54. The zero-order chi connectivity index (χ0) is 10.3. The van der Waals surface area contributed by atoms with E-state index < -0.39 is 0 Å². The van der Waals surface area contributed by atoms with Crippen molar-refractivity contribution < 1.29 is 0 Å². The monoisotopic (exact) mass is 262 g/mol. The van der Waals surface area contributed by atoms with E-state index in [1.165, 1.54) is 23.5 Å². The molecule has 2 nitrogen and oxygen atoms in total. The van der Waals surface area contributed by atoms with Crippen LogP contribution < -0.4 is 0 Å². The molecule has 0 unspecified atom stereocenters. The average Bonchev–Trinajstić information content (AvgIpc) is 2.77. The molecular weight excluding hydrogens is 252 g/mol. The first kappa shape index (κ1) is 9.16. The summed E-state index contributed by atoms with van der Waals surface area (Å²) < 4.78 is 3.44. The van der Waals surface area contributed by atoms with Gasteiger partial charge in [-0.05, 0) is 18.6 Å². The normalized spacial score (nSPS) is 14.2. The average molecular weight is 263 g/mol. The Bertz CT molecular complexity index is 502. The maximum absolute atomic E-state index is 4.45. The van der Waals surface area contributed by atoms with Crippen molar-refractivity contribution in [2.75, 3.05) is 0 Å². The van der Waals surface area contributed by atoms with E-state index in [4.69, 9.17) is 0 Å². The number of benzene rings is 1.